The zero-order valence-corrected chi connectivity index (χ0v) is 15.1. The lowest BCUT2D eigenvalue weighted by molar-refractivity contribution is 0.0689. The Labute approximate surface area is 139 Å². The van der Waals surface area contributed by atoms with Gasteiger partial charge in [-0.1, -0.05) is 0 Å². The van der Waals surface area contributed by atoms with Crippen molar-refractivity contribution in [2.75, 3.05) is 33.8 Å². The molecule has 1 saturated heterocycles. The summed E-state index contributed by atoms with van der Waals surface area (Å²) in [7, 11) is 4.12. The Kier molecular flexibility index (Phi) is 5.53. The molecule has 0 aromatic carbocycles. The van der Waals surface area contributed by atoms with E-state index < -0.39 is 0 Å². The van der Waals surface area contributed by atoms with Gasteiger partial charge in [0.1, 0.15) is 0 Å². The summed E-state index contributed by atoms with van der Waals surface area (Å²) in [5, 5.41) is 9.57. The van der Waals surface area contributed by atoms with Gasteiger partial charge in [-0.3, -0.25) is 4.79 Å². The third kappa shape index (κ3) is 4.36. The van der Waals surface area contributed by atoms with Crippen molar-refractivity contribution < 1.29 is 9.90 Å². The Morgan fingerprint density at radius 1 is 1.30 bits per heavy atom. The molecule has 1 aliphatic heterocycles. The first kappa shape index (κ1) is 18.0. The standard InChI is InChI=1S/C18H31N3O2/c1-18(2,3)21-9-8-15(11-21)17(23)20-10-14(13-22)6-7-16(12-20)19(4)5/h8-9,11,14,16,22H,6-7,10,12-13H2,1-5H3/t14-,16+/m0/s1. The highest BCUT2D eigenvalue weighted by Gasteiger charge is 2.29. The molecule has 0 aliphatic carbocycles. The number of aromatic nitrogens is 1. The first-order valence-corrected chi connectivity index (χ1v) is 8.47. The zero-order valence-electron chi connectivity index (χ0n) is 15.1. The molecular weight excluding hydrogens is 290 g/mol. The minimum absolute atomic E-state index is 0.0306. The van der Waals surface area contributed by atoms with Crippen LogP contribution in [-0.2, 0) is 5.54 Å². The molecule has 0 bridgehead atoms. The number of aliphatic hydroxyl groups excluding tert-OH is 1. The van der Waals surface area contributed by atoms with E-state index in [4.69, 9.17) is 0 Å². The van der Waals surface area contributed by atoms with Gasteiger partial charge in [0.15, 0.2) is 0 Å². The van der Waals surface area contributed by atoms with E-state index in [0.29, 0.717) is 12.6 Å². The van der Waals surface area contributed by atoms with Crippen LogP contribution in [0.2, 0.25) is 0 Å². The molecule has 2 rings (SSSR count). The minimum Gasteiger partial charge on any atom is -0.396 e. The summed E-state index contributed by atoms with van der Waals surface area (Å²) >= 11 is 0. The van der Waals surface area contributed by atoms with E-state index in [0.717, 1.165) is 24.9 Å². The van der Waals surface area contributed by atoms with Crippen molar-refractivity contribution >= 4 is 5.91 Å². The number of aliphatic hydroxyl groups is 1. The van der Waals surface area contributed by atoms with E-state index in [1.54, 1.807) is 0 Å². The van der Waals surface area contributed by atoms with Crippen molar-refractivity contribution in [3.05, 3.63) is 24.0 Å². The van der Waals surface area contributed by atoms with Crippen LogP contribution in [0.5, 0.6) is 0 Å². The molecule has 0 spiro atoms. The van der Waals surface area contributed by atoms with E-state index in [1.165, 1.54) is 0 Å². The van der Waals surface area contributed by atoms with Crippen molar-refractivity contribution in [2.24, 2.45) is 5.92 Å². The largest absolute Gasteiger partial charge is 0.396 e. The average Bonchev–Trinajstić information content (AvgIpc) is 2.87. The predicted octanol–water partition coefficient (Wildman–Crippen LogP) is 2.02. The summed E-state index contributed by atoms with van der Waals surface area (Å²) in [6.45, 7) is 7.88. The first-order valence-electron chi connectivity index (χ1n) is 8.47. The summed E-state index contributed by atoms with van der Waals surface area (Å²) in [6, 6.07) is 2.25. The van der Waals surface area contributed by atoms with Gasteiger partial charge in [0.25, 0.3) is 5.91 Å². The number of carbonyl (C=O) groups is 1. The zero-order chi connectivity index (χ0) is 17.2. The Balaban J connectivity index is 2.19. The van der Waals surface area contributed by atoms with Gasteiger partial charge in [-0.05, 0) is 59.7 Å². The molecular formula is C18H31N3O2. The van der Waals surface area contributed by atoms with E-state index in [-0.39, 0.29) is 24.0 Å². The summed E-state index contributed by atoms with van der Waals surface area (Å²) in [5.74, 6) is 0.244. The van der Waals surface area contributed by atoms with Crippen molar-refractivity contribution in [1.82, 2.24) is 14.4 Å². The van der Waals surface area contributed by atoms with Crippen molar-refractivity contribution in [2.45, 2.75) is 45.2 Å². The highest BCUT2D eigenvalue weighted by molar-refractivity contribution is 5.94. The van der Waals surface area contributed by atoms with Crippen LogP contribution in [-0.4, -0.2) is 65.2 Å². The lowest BCUT2D eigenvalue weighted by Crippen LogP contribution is -2.42. The molecule has 5 nitrogen and oxygen atoms in total. The topological polar surface area (TPSA) is 48.7 Å². The molecule has 1 aliphatic rings. The third-order valence-electron chi connectivity index (χ3n) is 4.81. The highest BCUT2D eigenvalue weighted by Crippen LogP contribution is 2.22. The molecule has 5 heteroatoms. The summed E-state index contributed by atoms with van der Waals surface area (Å²) in [4.78, 5) is 17.0. The van der Waals surface area contributed by atoms with Gasteiger partial charge in [-0.15, -0.1) is 0 Å². The monoisotopic (exact) mass is 321 g/mol. The minimum atomic E-state index is -0.0306. The number of nitrogens with zero attached hydrogens (tertiary/aromatic N) is 3. The fourth-order valence-corrected chi connectivity index (χ4v) is 3.11. The Morgan fingerprint density at radius 3 is 2.52 bits per heavy atom. The predicted molar refractivity (Wildman–Crippen MR) is 92.6 cm³/mol. The SMILES string of the molecule is CN(C)[C@@H]1CC[C@H](CO)CN(C(=O)c2ccn(C(C)(C)C)c2)C1. The highest BCUT2D eigenvalue weighted by atomic mass is 16.3. The van der Waals surface area contributed by atoms with Crippen LogP contribution in [0.4, 0.5) is 0 Å². The number of hydrogen-bond acceptors (Lipinski definition) is 3. The van der Waals surface area contributed by atoms with E-state index in [2.05, 4.69) is 44.3 Å². The molecule has 1 N–H and O–H groups in total. The van der Waals surface area contributed by atoms with Crippen molar-refractivity contribution in [3.8, 4) is 0 Å². The molecule has 2 heterocycles. The maximum Gasteiger partial charge on any atom is 0.255 e. The third-order valence-corrected chi connectivity index (χ3v) is 4.81. The lowest BCUT2D eigenvalue weighted by Gasteiger charge is -2.29. The fraction of sp³-hybridized carbons (Fsp3) is 0.722. The van der Waals surface area contributed by atoms with Gasteiger partial charge in [0.05, 0.1) is 5.56 Å². The molecule has 0 saturated carbocycles. The van der Waals surface area contributed by atoms with Gasteiger partial charge in [0, 0.05) is 43.7 Å². The number of likely N-dealkylation sites (N-methyl/N-ethyl adjacent to an activating group) is 1. The molecule has 1 fully saturated rings. The molecule has 1 amide bonds. The van der Waals surface area contributed by atoms with Crippen molar-refractivity contribution in [1.29, 1.82) is 0 Å². The average molecular weight is 321 g/mol. The van der Waals surface area contributed by atoms with Gasteiger partial charge in [0.2, 0.25) is 0 Å². The van der Waals surface area contributed by atoms with Crippen LogP contribution in [0.1, 0.15) is 44.0 Å². The first-order chi connectivity index (χ1) is 10.7. The van der Waals surface area contributed by atoms with Crippen molar-refractivity contribution in [3.63, 3.8) is 0 Å². The Bertz CT molecular complexity index is 531. The molecule has 0 unspecified atom stereocenters. The Morgan fingerprint density at radius 2 is 2.00 bits per heavy atom. The van der Waals surface area contributed by atoms with E-state index in [1.807, 2.05) is 23.4 Å². The van der Waals surface area contributed by atoms with E-state index in [9.17, 15) is 9.90 Å². The second-order valence-electron chi connectivity index (χ2n) is 7.93. The quantitative estimate of drug-likeness (QED) is 0.926. The maximum atomic E-state index is 12.9. The van der Waals surface area contributed by atoms with Gasteiger partial charge < -0.3 is 19.5 Å². The van der Waals surface area contributed by atoms with Gasteiger partial charge in [-0.25, -0.2) is 0 Å². The van der Waals surface area contributed by atoms with Crippen LogP contribution in [0.3, 0.4) is 0 Å². The number of amides is 1. The number of likely N-dealkylation sites (tertiary alicyclic amines) is 1. The second-order valence-corrected chi connectivity index (χ2v) is 7.93. The van der Waals surface area contributed by atoms with Crippen LogP contribution >= 0.6 is 0 Å². The lowest BCUT2D eigenvalue weighted by atomic mass is 10.0. The number of carbonyl (C=O) groups excluding carboxylic acids is 1. The molecule has 2 atom stereocenters. The summed E-state index contributed by atoms with van der Waals surface area (Å²) in [5.41, 5.74) is 0.702. The van der Waals surface area contributed by atoms with Crippen LogP contribution in [0.25, 0.3) is 0 Å². The normalized spacial score (nSPS) is 23.2. The molecule has 23 heavy (non-hydrogen) atoms. The fourth-order valence-electron chi connectivity index (χ4n) is 3.11. The van der Waals surface area contributed by atoms with Crippen LogP contribution in [0, 0.1) is 5.92 Å². The van der Waals surface area contributed by atoms with E-state index >= 15 is 0 Å². The molecule has 1 aromatic rings. The summed E-state index contributed by atoms with van der Waals surface area (Å²) < 4.78 is 2.07. The van der Waals surface area contributed by atoms with Gasteiger partial charge in [-0.2, -0.15) is 0 Å². The Hall–Kier alpha value is -1.33. The van der Waals surface area contributed by atoms with Crippen LogP contribution < -0.4 is 0 Å². The maximum absolute atomic E-state index is 12.9. The molecule has 1 aromatic heterocycles. The summed E-state index contributed by atoms with van der Waals surface area (Å²) in [6.07, 6.45) is 5.89. The number of hydrogen-bond donors (Lipinski definition) is 1. The van der Waals surface area contributed by atoms with Gasteiger partial charge >= 0.3 is 0 Å². The number of rotatable bonds is 3. The second kappa shape index (κ2) is 7.05. The molecule has 130 valence electrons. The smallest absolute Gasteiger partial charge is 0.255 e. The molecule has 0 radical (unpaired) electrons. The van der Waals surface area contributed by atoms with Crippen LogP contribution in [0.15, 0.2) is 18.5 Å².